The standard InChI is InChI=1S/C23H25FN4OS/c1-27(17-10-4-2-5-11-17)21(29)16-30-23-26-25-22(19-14-8-9-15-20(19)24)28(23)18-12-6-3-7-13-18/h2,4-5,8-11,14-15,18H,3,6-7,12-13,16H2,1H3. The molecule has 0 spiro atoms. The molecule has 30 heavy (non-hydrogen) atoms. The number of halogens is 1. The number of anilines is 1. The van der Waals surface area contributed by atoms with Crippen molar-refractivity contribution in [1.29, 1.82) is 0 Å². The Morgan fingerprint density at radius 2 is 1.77 bits per heavy atom. The summed E-state index contributed by atoms with van der Waals surface area (Å²) in [5.74, 6) is 0.467. The Labute approximate surface area is 180 Å². The van der Waals surface area contributed by atoms with E-state index in [9.17, 15) is 9.18 Å². The Morgan fingerprint density at radius 1 is 1.07 bits per heavy atom. The maximum absolute atomic E-state index is 14.5. The SMILES string of the molecule is CN(C(=O)CSc1nnc(-c2ccccc2F)n1C1CCCCC1)c1ccccc1. The van der Waals surface area contributed by atoms with Gasteiger partial charge >= 0.3 is 0 Å². The van der Waals surface area contributed by atoms with Crippen molar-refractivity contribution in [3.63, 3.8) is 0 Å². The van der Waals surface area contributed by atoms with Gasteiger partial charge in [0, 0.05) is 18.8 Å². The van der Waals surface area contributed by atoms with Crippen molar-refractivity contribution in [1.82, 2.24) is 14.8 Å². The van der Waals surface area contributed by atoms with Gasteiger partial charge in [0.25, 0.3) is 0 Å². The highest BCUT2D eigenvalue weighted by atomic mass is 32.2. The van der Waals surface area contributed by atoms with Crippen LogP contribution in [0.5, 0.6) is 0 Å². The molecule has 1 fully saturated rings. The van der Waals surface area contributed by atoms with Gasteiger partial charge in [0.2, 0.25) is 5.91 Å². The first-order valence-corrected chi connectivity index (χ1v) is 11.3. The first-order valence-electron chi connectivity index (χ1n) is 10.3. The van der Waals surface area contributed by atoms with Crippen LogP contribution in [0.4, 0.5) is 10.1 Å². The zero-order valence-electron chi connectivity index (χ0n) is 17.0. The number of rotatable bonds is 6. The lowest BCUT2D eigenvalue weighted by Gasteiger charge is -2.26. The van der Waals surface area contributed by atoms with E-state index >= 15 is 0 Å². The van der Waals surface area contributed by atoms with Gasteiger partial charge in [0.15, 0.2) is 11.0 Å². The van der Waals surface area contributed by atoms with Gasteiger partial charge in [0.1, 0.15) is 5.82 Å². The number of carbonyl (C=O) groups excluding carboxylic acids is 1. The molecule has 0 unspecified atom stereocenters. The number of hydrogen-bond donors (Lipinski definition) is 0. The average molecular weight is 425 g/mol. The minimum atomic E-state index is -0.307. The number of thioether (sulfide) groups is 1. The first-order chi connectivity index (χ1) is 14.6. The first kappa shape index (κ1) is 20.6. The minimum Gasteiger partial charge on any atom is -0.315 e. The second-order valence-corrected chi connectivity index (χ2v) is 8.47. The van der Waals surface area contributed by atoms with Gasteiger partial charge in [-0.05, 0) is 37.1 Å². The molecule has 0 atom stereocenters. The molecule has 1 saturated carbocycles. The molecule has 5 nitrogen and oxygen atoms in total. The van der Waals surface area contributed by atoms with E-state index in [2.05, 4.69) is 14.8 Å². The molecule has 1 heterocycles. The van der Waals surface area contributed by atoms with Gasteiger partial charge in [-0.2, -0.15) is 0 Å². The minimum absolute atomic E-state index is 0.0168. The monoisotopic (exact) mass is 424 g/mol. The number of benzene rings is 2. The van der Waals surface area contributed by atoms with Gasteiger partial charge in [-0.15, -0.1) is 10.2 Å². The molecule has 0 aliphatic heterocycles. The van der Waals surface area contributed by atoms with Crippen molar-refractivity contribution in [2.24, 2.45) is 0 Å². The molecular formula is C23H25FN4OS. The Morgan fingerprint density at radius 3 is 2.50 bits per heavy atom. The molecule has 1 aliphatic carbocycles. The lowest BCUT2D eigenvalue weighted by molar-refractivity contribution is -0.115. The van der Waals surface area contributed by atoms with Crippen LogP contribution in [-0.4, -0.2) is 33.5 Å². The van der Waals surface area contributed by atoms with Crippen molar-refractivity contribution in [3.8, 4) is 11.4 Å². The van der Waals surface area contributed by atoms with E-state index in [1.165, 1.54) is 24.2 Å². The topological polar surface area (TPSA) is 51.0 Å². The van der Waals surface area contributed by atoms with Crippen LogP contribution in [0.2, 0.25) is 0 Å². The molecule has 1 amide bonds. The van der Waals surface area contributed by atoms with E-state index in [-0.39, 0.29) is 23.5 Å². The summed E-state index contributed by atoms with van der Waals surface area (Å²) in [5.41, 5.74) is 1.30. The molecular weight excluding hydrogens is 399 g/mol. The zero-order chi connectivity index (χ0) is 20.9. The Kier molecular flexibility index (Phi) is 6.47. The number of aromatic nitrogens is 3. The third-order valence-electron chi connectivity index (χ3n) is 5.56. The van der Waals surface area contributed by atoms with E-state index < -0.39 is 0 Å². The Hall–Kier alpha value is -2.67. The number of para-hydroxylation sites is 1. The lowest BCUT2D eigenvalue weighted by atomic mass is 9.95. The molecule has 1 aromatic heterocycles. The van der Waals surface area contributed by atoms with E-state index in [4.69, 9.17) is 0 Å². The average Bonchev–Trinajstić information content (AvgIpc) is 3.22. The predicted octanol–water partition coefficient (Wildman–Crippen LogP) is 5.34. The molecule has 0 radical (unpaired) electrons. The summed E-state index contributed by atoms with van der Waals surface area (Å²) in [5, 5.41) is 9.36. The fourth-order valence-electron chi connectivity index (χ4n) is 3.89. The highest BCUT2D eigenvalue weighted by Gasteiger charge is 2.25. The highest BCUT2D eigenvalue weighted by Crippen LogP contribution is 2.36. The summed E-state index contributed by atoms with van der Waals surface area (Å²) in [7, 11) is 1.77. The van der Waals surface area contributed by atoms with Crippen LogP contribution in [0.15, 0.2) is 59.8 Å². The normalized spacial score (nSPS) is 14.6. The van der Waals surface area contributed by atoms with Crippen LogP contribution in [0.3, 0.4) is 0 Å². The van der Waals surface area contributed by atoms with E-state index in [0.29, 0.717) is 16.5 Å². The van der Waals surface area contributed by atoms with Gasteiger partial charge < -0.3 is 4.90 Å². The van der Waals surface area contributed by atoms with Crippen molar-refractivity contribution < 1.29 is 9.18 Å². The fourth-order valence-corrected chi connectivity index (χ4v) is 4.81. The number of amides is 1. The van der Waals surface area contributed by atoms with Crippen LogP contribution < -0.4 is 4.90 Å². The zero-order valence-corrected chi connectivity index (χ0v) is 17.8. The van der Waals surface area contributed by atoms with Crippen LogP contribution in [0.1, 0.15) is 38.1 Å². The molecule has 7 heteroatoms. The number of hydrogen-bond acceptors (Lipinski definition) is 4. The van der Waals surface area contributed by atoms with Gasteiger partial charge in [-0.3, -0.25) is 9.36 Å². The van der Waals surface area contributed by atoms with Crippen LogP contribution >= 0.6 is 11.8 Å². The van der Waals surface area contributed by atoms with E-state index in [1.54, 1.807) is 24.1 Å². The van der Waals surface area contributed by atoms with Crippen LogP contribution in [0.25, 0.3) is 11.4 Å². The third-order valence-corrected chi connectivity index (χ3v) is 6.49. The van der Waals surface area contributed by atoms with Gasteiger partial charge in [-0.1, -0.05) is 61.4 Å². The summed E-state index contributed by atoms with van der Waals surface area (Å²) in [6.45, 7) is 0. The number of nitrogens with zero attached hydrogens (tertiary/aromatic N) is 4. The lowest BCUT2D eigenvalue weighted by Crippen LogP contribution is -2.28. The van der Waals surface area contributed by atoms with E-state index in [1.807, 2.05) is 36.4 Å². The maximum atomic E-state index is 14.5. The maximum Gasteiger partial charge on any atom is 0.237 e. The molecule has 1 aliphatic rings. The third kappa shape index (κ3) is 4.41. The van der Waals surface area contributed by atoms with E-state index in [0.717, 1.165) is 31.4 Å². The highest BCUT2D eigenvalue weighted by molar-refractivity contribution is 7.99. The number of carbonyl (C=O) groups is 1. The smallest absolute Gasteiger partial charge is 0.237 e. The molecule has 0 N–H and O–H groups in total. The summed E-state index contributed by atoms with van der Waals surface area (Å²) in [4.78, 5) is 14.4. The quantitative estimate of drug-likeness (QED) is 0.501. The molecule has 156 valence electrons. The fraction of sp³-hybridized carbons (Fsp3) is 0.348. The predicted molar refractivity (Wildman–Crippen MR) is 118 cm³/mol. The molecule has 3 aromatic rings. The molecule has 0 bridgehead atoms. The summed E-state index contributed by atoms with van der Waals surface area (Å²) >= 11 is 1.37. The largest absolute Gasteiger partial charge is 0.315 e. The summed E-state index contributed by atoms with van der Waals surface area (Å²) in [6.07, 6.45) is 5.53. The summed E-state index contributed by atoms with van der Waals surface area (Å²) < 4.78 is 16.5. The van der Waals surface area contributed by atoms with Crippen LogP contribution in [-0.2, 0) is 4.79 Å². The second-order valence-electron chi connectivity index (χ2n) is 7.52. The van der Waals surface area contributed by atoms with Gasteiger partial charge in [-0.25, -0.2) is 4.39 Å². The molecule has 0 saturated heterocycles. The van der Waals surface area contributed by atoms with Crippen molar-refractivity contribution in [3.05, 3.63) is 60.4 Å². The van der Waals surface area contributed by atoms with Crippen molar-refractivity contribution in [2.75, 3.05) is 17.7 Å². The van der Waals surface area contributed by atoms with Crippen molar-refractivity contribution >= 4 is 23.4 Å². The van der Waals surface area contributed by atoms with Crippen LogP contribution in [0, 0.1) is 5.82 Å². The van der Waals surface area contributed by atoms with Crippen molar-refractivity contribution in [2.45, 2.75) is 43.3 Å². The molecule has 2 aromatic carbocycles. The molecule has 4 rings (SSSR count). The van der Waals surface area contributed by atoms with Gasteiger partial charge in [0.05, 0.1) is 11.3 Å². The Balaban J connectivity index is 1.58. The Bertz CT molecular complexity index is 1000. The summed E-state index contributed by atoms with van der Waals surface area (Å²) in [6, 6.07) is 16.5. The second kappa shape index (κ2) is 9.43.